The topological polar surface area (TPSA) is 41.6 Å². The van der Waals surface area contributed by atoms with E-state index in [-0.39, 0.29) is 12.1 Å². The van der Waals surface area contributed by atoms with E-state index < -0.39 is 5.60 Å². The molecule has 116 valence electrons. The molecule has 4 nitrogen and oxygen atoms in total. The molecule has 21 heavy (non-hydrogen) atoms. The Bertz CT molecular complexity index is 494. The number of carbonyl (C=O) groups is 1. The van der Waals surface area contributed by atoms with Gasteiger partial charge in [-0.15, -0.1) is 0 Å². The van der Waals surface area contributed by atoms with E-state index in [1.165, 1.54) is 11.1 Å². The zero-order valence-electron chi connectivity index (χ0n) is 13.5. The number of hydrogen-bond donors (Lipinski definition) is 1. The molecule has 1 fully saturated rings. The van der Waals surface area contributed by atoms with E-state index in [0.29, 0.717) is 13.1 Å². The first-order valence-corrected chi connectivity index (χ1v) is 7.60. The fourth-order valence-corrected chi connectivity index (χ4v) is 2.58. The lowest BCUT2D eigenvalue weighted by Crippen LogP contribution is -2.54. The first kappa shape index (κ1) is 15.8. The van der Waals surface area contributed by atoms with Gasteiger partial charge in [0.1, 0.15) is 5.60 Å². The summed E-state index contributed by atoms with van der Waals surface area (Å²) in [6.45, 7) is 10.0. The lowest BCUT2D eigenvalue weighted by Gasteiger charge is -2.35. The Hall–Kier alpha value is -1.55. The normalized spacial score (nSPS) is 19.4. The molecule has 4 heteroatoms. The van der Waals surface area contributed by atoms with E-state index in [0.717, 1.165) is 13.0 Å². The minimum absolute atomic E-state index is 0.210. The van der Waals surface area contributed by atoms with Gasteiger partial charge in [0, 0.05) is 25.7 Å². The van der Waals surface area contributed by atoms with Gasteiger partial charge in [-0.2, -0.15) is 0 Å². The molecule has 1 aromatic rings. The van der Waals surface area contributed by atoms with E-state index in [1.807, 2.05) is 25.7 Å². The van der Waals surface area contributed by atoms with Crippen LogP contribution >= 0.6 is 0 Å². The van der Waals surface area contributed by atoms with Crippen molar-refractivity contribution in [2.45, 2.75) is 45.8 Å². The highest BCUT2D eigenvalue weighted by Gasteiger charge is 2.27. The number of hydrogen-bond acceptors (Lipinski definition) is 3. The van der Waals surface area contributed by atoms with Crippen molar-refractivity contribution in [1.82, 2.24) is 10.2 Å². The van der Waals surface area contributed by atoms with Crippen LogP contribution in [0.5, 0.6) is 0 Å². The molecule has 1 amide bonds. The first-order chi connectivity index (χ1) is 9.83. The van der Waals surface area contributed by atoms with Crippen LogP contribution in [0.3, 0.4) is 0 Å². The monoisotopic (exact) mass is 290 g/mol. The van der Waals surface area contributed by atoms with Crippen LogP contribution in [0.1, 0.15) is 31.9 Å². The Labute approximate surface area is 127 Å². The van der Waals surface area contributed by atoms with Crippen LogP contribution < -0.4 is 5.32 Å². The number of amides is 1. The molecule has 1 heterocycles. The quantitative estimate of drug-likeness (QED) is 0.910. The predicted octanol–water partition coefficient (Wildman–Crippen LogP) is 2.75. The van der Waals surface area contributed by atoms with Gasteiger partial charge >= 0.3 is 6.09 Å². The van der Waals surface area contributed by atoms with Crippen molar-refractivity contribution >= 4 is 6.09 Å². The molecule has 1 saturated heterocycles. The summed E-state index contributed by atoms with van der Waals surface area (Å²) in [6.07, 6.45) is 0.722. The molecule has 0 saturated carbocycles. The van der Waals surface area contributed by atoms with E-state index in [1.54, 1.807) is 0 Å². The molecule has 1 atom stereocenters. The number of rotatable bonds is 2. The fourth-order valence-electron chi connectivity index (χ4n) is 2.58. The van der Waals surface area contributed by atoms with Crippen LogP contribution in [0, 0.1) is 6.92 Å². The van der Waals surface area contributed by atoms with Crippen molar-refractivity contribution in [3.8, 4) is 0 Å². The molecule has 1 aromatic carbocycles. The maximum atomic E-state index is 12.1. The zero-order valence-corrected chi connectivity index (χ0v) is 13.5. The zero-order chi connectivity index (χ0) is 15.5. The van der Waals surface area contributed by atoms with Gasteiger partial charge in [-0.3, -0.25) is 0 Å². The van der Waals surface area contributed by atoms with Crippen LogP contribution in [0.4, 0.5) is 4.79 Å². The molecule has 1 aliphatic rings. The van der Waals surface area contributed by atoms with Crippen LogP contribution in [0.15, 0.2) is 24.3 Å². The van der Waals surface area contributed by atoms with Crippen LogP contribution in [-0.2, 0) is 11.2 Å². The maximum Gasteiger partial charge on any atom is 0.410 e. The Kier molecular flexibility index (Phi) is 4.88. The molecule has 0 aromatic heterocycles. The Morgan fingerprint density at radius 2 is 2.19 bits per heavy atom. The highest BCUT2D eigenvalue weighted by Crippen LogP contribution is 2.13. The standard InChI is InChI=1S/C17H26N2O2/c1-13-6-5-7-14(10-13)11-15-12-19(9-8-18-15)16(20)21-17(2,3)4/h5-7,10,15,18H,8-9,11-12H2,1-4H3/t15-/m1/s1. The minimum atomic E-state index is -0.437. The first-order valence-electron chi connectivity index (χ1n) is 7.60. The van der Waals surface area contributed by atoms with Crippen LogP contribution in [0.25, 0.3) is 0 Å². The SMILES string of the molecule is Cc1cccc(C[C@@H]2CN(C(=O)OC(C)(C)C)CCN2)c1. The second kappa shape index (κ2) is 6.48. The lowest BCUT2D eigenvalue weighted by atomic mass is 10.0. The minimum Gasteiger partial charge on any atom is -0.444 e. The van der Waals surface area contributed by atoms with Gasteiger partial charge in [-0.25, -0.2) is 4.79 Å². The molecule has 0 aliphatic carbocycles. The number of carbonyl (C=O) groups excluding carboxylic acids is 1. The molecule has 0 radical (unpaired) electrons. The number of aryl methyl sites for hydroxylation is 1. The van der Waals surface area contributed by atoms with Gasteiger partial charge in [-0.1, -0.05) is 29.8 Å². The van der Waals surface area contributed by atoms with Crippen molar-refractivity contribution in [2.75, 3.05) is 19.6 Å². The summed E-state index contributed by atoms with van der Waals surface area (Å²) in [4.78, 5) is 13.9. The molecule has 1 N–H and O–H groups in total. The van der Waals surface area contributed by atoms with Crippen LogP contribution in [-0.4, -0.2) is 42.3 Å². The number of nitrogens with zero attached hydrogens (tertiary/aromatic N) is 1. The average Bonchev–Trinajstić information content (AvgIpc) is 2.37. The summed E-state index contributed by atoms with van der Waals surface area (Å²) in [5.41, 5.74) is 2.14. The van der Waals surface area contributed by atoms with Gasteiger partial charge in [-0.05, 0) is 39.7 Å². The van der Waals surface area contributed by atoms with E-state index in [9.17, 15) is 4.79 Å². The van der Waals surface area contributed by atoms with Crippen LogP contribution in [0.2, 0.25) is 0 Å². The van der Waals surface area contributed by atoms with Crippen molar-refractivity contribution in [2.24, 2.45) is 0 Å². The number of piperazine rings is 1. The molecule has 1 aliphatic heterocycles. The Balaban J connectivity index is 1.93. The van der Waals surface area contributed by atoms with Gasteiger partial charge in [0.15, 0.2) is 0 Å². The number of ether oxygens (including phenoxy) is 1. The van der Waals surface area contributed by atoms with Gasteiger partial charge in [0.2, 0.25) is 0 Å². The lowest BCUT2D eigenvalue weighted by molar-refractivity contribution is 0.0195. The third-order valence-electron chi connectivity index (χ3n) is 3.47. The molecule has 0 spiro atoms. The highest BCUT2D eigenvalue weighted by atomic mass is 16.6. The largest absolute Gasteiger partial charge is 0.444 e. The van der Waals surface area contributed by atoms with Crippen molar-refractivity contribution in [3.05, 3.63) is 35.4 Å². The van der Waals surface area contributed by atoms with Crippen molar-refractivity contribution in [1.29, 1.82) is 0 Å². The molecular formula is C17H26N2O2. The average molecular weight is 290 g/mol. The predicted molar refractivity (Wildman–Crippen MR) is 84.5 cm³/mol. The second-order valence-corrected chi connectivity index (χ2v) is 6.77. The summed E-state index contributed by atoms with van der Waals surface area (Å²) in [6, 6.07) is 8.81. The third kappa shape index (κ3) is 5.05. The Morgan fingerprint density at radius 1 is 1.43 bits per heavy atom. The summed E-state index contributed by atoms with van der Waals surface area (Å²) in [7, 11) is 0. The summed E-state index contributed by atoms with van der Waals surface area (Å²) in [5.74, 6) is 0. The Morgan fingerprint density at radius 3 is 2.86 bits per heavy atom. The van der Waals surface area contributed by atoms with E-state index in [2.05, 4.69) is 36.5 Å². The summed E-state index contributed by atoms with van der Waals surface area (Å²) >= 11 is 0. The molecule has 0 unspecified atom stereocenters. The third-order valence-corrected chi connectivity index (χ3v) is 3.47. The van der Waals surface area contributed by atoms with E-state index in [4.69, 9.17) is 4.74 Å². The highest BCUT2D eigenvalue weighted by molar-refractivity contribution is 5.68. The number of nitrogens with one attached hydrogen (secondary N) is 1. The van der Waals surface area contributed by atoms with Gasteiger partial charge in [0.05, 0.1) is 0 Å². The smallest absolute Gasteiger partial charge is 0.410 e. The van der Waals surface area contributed by atoms with Gasteiger partial charge in [0.25, 0.3) is 0 Å². The maximum absolute atomic E-state index is 12.1. The molecular weight excluding hydrogens is 264 g/mol. The van der Waals surface area contributed by atoms with Gasteiger partial charge < -0.3 is 15.0 Å². The van der Waals surface area contributed by atoms with Crippen molar-refractivity contribution in [3.63, 3.8) is 0 Å². The fraction of sp³-hybridized carbons (Fsp3) is 0.588. The second-order valence-electron chi connectivity index (χ2n) is 6.77. The summed E-state index contributed by atoms with van der Waals surface area (Å²) < 4.78 is 5.45. The van der Waals surface area contributed by atoms with Crippen molar-refractivity contribution < 1.29 is 9.53 Å². The summed E-state index contributed by atoms with van der Waals surface area (Å²) in [5, 5.41) is 3.49. The van der Waals surface area contributed by atoms with E-state index >= 15 is 0 Å². The molecule has 0 bridgehead atoms. The molecule has 2 rings (SSSR count). The number of benzene rings is 1.